The van der Waals surface area contributed by atoms with E-state index in [1.165, 1.54) is 38.5 Å². The number of carbonyl (C=O) groups excluding carboxylic acids is 2. The molecule has 0 spiro atoms. The van der Waals surface area contributed by atoms with E-state index in [4.69, 9.17) is 4.74 Å². The summed E-state index contributed by atoms with van der Waals surface area (Å²) in [6.07, 6.45) is 10.2. The molecule has 0 aromatic heterocycles. The van der Waals surface area contributed by atoms with Crippen LogP contribution in [0, 0.1) is 40.9 Å². The summed E-state index contributed by atoms with van der Waals surface area (Å²) in [6.45, 7) is 11.9. The van der Waals surface area contributed by atoms with Crippen molar-refractivity contribution in [2.45, 2.75) is 116 Å². The molecule has 3 heteroatoms. The van der Waals surface area contributed by atoms with Gasteiger partial charge in [-0.1, -0.05) is 77.3 Å². The SMILES string of the molecule is CC(C)CCC[C@@H](C)[C@H]1CC[C@H]2[C@@H]3[C@H]4CC(=O)C[C@@H](c5ccccc5)C(=O)C[C@@](C)(O4)[C@H]3CC[C@]12C. The van der Waals surface area contributed by atoms with Crippen LogP contribution in [-0.4, -0.2) is 23.3 Å². The Kier molecular flexibility index (Phi) is 7.27. The molecule has 4 fully saturated rings. The molecule has 0 radical (unpaired) electrons. The normalized spacial score (nSPS) is 41.4. The summed E-state index contributed by atoms with van der Waals surface area (Å²) < 4.78 is 6.84. The maximum Gasteiger partial charge on any atom is 0.143 e. The van der Waals surface area contributed by atoms with E-state index in [1.807, 2.05) is 30.3 Å². The van der Waals surface area contributed by atoms with Crippen LogP contribution in [0.5, 0.6) is 0 Å². The largest absolute Gasteiger partial charge is 0.371 e. The summed E-state index contributed by atoms with van der Waals surface area (Å²) in [4.78, 5) is 27.1. The molecule has 1 aromatic rings. The van der Waals surface area contributed by atoms with Gasteiger partial charge in [-0.15, -0.1) is 0 Å². The third-order valence-corrected chi connectivity index (χ3v) is 11.1. The third kappa shape index (κ3) is 4.63. The molecule has 4 aliphatic rings. The van der Waals surface area contributed by atoms with E-state index in [1.54, 1.807) is 0 Å². The van der Waals surface area contributed by atoms with Crippen LogP contribution >= 0.6 is 0 Å². The fourth-order valence-electron chi connectivity index (χ4n) is 9.42. The van der Waals surface area contributed by atoms with Crippen molar-refractivity contribution in [1.82, 2.24) is 0 Å². The van der Waals surface area contributed by atoms with Gasteiger partial charge in [-0.3, -0.25) is 9.59 Å². The zero-order valence-electron chi connectivity index (χ0n) is 23.3. The van der Waals surface area contributed by atoms with Crippen molar-refractivity contribution in [3.8, 4) is 0 Å². The number of Topliss-reactive ketones (excluding diaryl/α,β-unsaturated/α-hetero) is 2. The van der Waals surface area contributed by atoms with Crippen LogP contribution in [0.1, 0.15) is 110 Å². The quantitative estimate of drug-likeness (QED) is 0.407. The average molecular weight is 493 g/mol. The molecule has 2 bridgehead atoms. The van der Waals surface area contributed by atoms with E-state index >= 15 is 0 Å². The summed E-state index contributed by atoms with van der Waals surface area (Å²) in [5, 5.41) is 0. The van der Waals surface area contributed by atoms with Gasteiger partial charge >= 0.3 is 0 Å². The molecule has 5 rings (SSSR count). The van der Waals surface area contributed by atoms with Crippen molar-refractivity contribution in [2.75, 3.05) is 0 Å². The monoisotopic (exact) mass is 492 g/mol. The Morgan fingerprint density at radius 1 is 0.944 bits per heavy atom. The number of rotatable bonds is 6. The fraction of sp³-hybridized carbons (Fsp3) is 0.758. The van der Waals surface area contributed by atoms with Gasteiger partial charge in [0.15, 0.2) is 0 Å². The van der Waals surface area contributed by atoms with Gasteiger partial charge in [0.05, 0.1) is 11.7 Å². The van der Waals surface area contributed by atoms with E-state index in [9.17, 15) is 9.59 Å². The topological polar surface area (TPSA) is 43.4 Å². The molecule has 2 saturated heterocycles. The molecule has 0 unspecified atom stereocenters. The van der Waals surface area contributed by atoms with Crippen molar-refractivity contribution in [1.29, 1.82) is 0 Å². The predicted molar refractivity (Wildman–Crippen MR) is 145 cm³/mol. The maximum atomic E-state index is 13.7. The number of ether oxygens (including phenoxy) is 1. The number of fused-ring (bicyclic) bond motifs is 7. The Bertz CT molecular complexity index is 953. The Hall–Kier alpha value is -1.48. The molecule has 2 aliphatic heterocycles. The minimum absolute atomic E-state index is 0.0190. The van der Waals surface area contributed by atoms with Crippen LogP contribution in [0.4, 0.5) is 0 Å². The first-order valence-electron chi connectivity index (χ1n) is 14.9. The maximum absolute atomic E-state index is 13.7. The van der Waals surface area contributed by atoms with Crippen LogP contribution < -0.4 is 0 Å². The lowest BCUT2D eigenvalue weighted by Crippen LogP contribution is -2.48. The Labute approximate surface area is 219 Å². The van der Waals surface area contributed by atoms with Gasteiger partial charge in [-0.2, -0.15) is 0 Å². The Morgan fingerprint density at radius 3 is 2.42 bits per heavy atom. The van der Waals surface area contributed by atoms with Crippen LogP contribution in [-0.2, 0) is 14.3 Å². The highest BCUT2D eigenvalue weighted by molar-refractivity contribution is 5.92. The Morgan fingerprint density at radius 2 is 1.69 bits per heavy atom. The van der Waals surface area contributed by atoms with E-state index in [0.717, 1.165) is 29.7 Å². The van der Waals surface area contributed by atoms with Crippen LogP contribution in [0.15, 0.2) is 30.3 Å². The molecule has 0 N–H and O–H groups in total. The lowest BCUT2D eigenvalue weighted by molar-refractivity contribution is -0.128. The first kappa shape index (κ1) is 26.1. The molecule has 3 nitrogen and oxygen atoms in total. The first-order valence-corrected chi connectivity index (χ1v) is 14.9. The van der Waals surface area contributed by atoms with Gasteiger partial charge < -0.3 is 4.74 Å². The van der Waals surface area contributed by atoms with Crippen molar-refractivity contribution in [3.05, 3.63) is 35.9 Å². The summed E-state index contributed by atoms with van der Waals surface area (Å²) in [7, 11) is 0. The summed E-state index contributed by atoms with van der Waals surface area (Å²) >= 11 is 0. The lowest BCUT2D eigenvalue weighted by atomic mass is 9.53. The fourth-order valence-corrected chi connectivity index (χ4v) is 9.42. The molecule has 2 heterocycles. The van der Waals surface area contributed by atoms with Crippen molar-refractivity contribution >= 4 is 11.6 Å². The minimum Gasteiger partial charge on any atom is -0.371 e. The second kappa shape index (κ2) is 10.0. The summed E-state index contributed by atoms with van der Waals surface area (Å²) in [5.41, 5.74) is 0.886. The molecule has 2 saturated carbocycles. The highest BCUT2D eigenvalue weighted by atomic mass is 16.5. The minimum atomic E-state index is -0.438. The van der Waals surface area contributed by atoms with Gasteiger partial charge in [-0.25, -0.2) is 0 Å². The number of hydrogen-bond donors (Lipinski definition) is 0. The first-order chi connectivity index (χ1) is 17.1. The number of carbonyl (C=O) groups is 2. The van der Waals surface area contributed by atoms with Gasteiger partial charge in [0, 0.05) is 25.2 Å². The standard InChI is InChI=1S/C33H48O3/c1-21(2)10-9-11-22(3)26-14-15-27-31-28(16-17-32(26,27)4)33(5)20-29(35)25(23-12-7-6-8-13-23)18-24(34)19-30(31)36-33/h6-8,12-13,21-22,25-28,30-31H,9-11,14-20H2,1-5H3/t22-,25+,26-,27+,28+,30-,31+,32-,33-/m1/s1. The molecule has 2 aliphatic carbocycles. The third-order valence-electron chi connectivity index (χ3n) is 11.1. The van der Waals surface area contributed by atoms with Gasteiger partial charge in [0.25, 0.3) is 0 Å². The van der Waals surface area contributed by atoms with E-state index < -0.39 is 5.60 Å². The van der Waals surface area contributed by atoms with Crippen molar-refractivity contribution in [3.63, 3.8) is 0 Å². The molecule has 198 valence electrons. The summed E-state index contributed by atoms with van der Waals surface area (Å²) in [5.74, 6) is 3.82. The van der Waals surface area contributed by atoms with Gasteiger partial charge in [0.2, 0.25) is 0 Å². The molecule has 0 amide bonds. The van der Waals surface area contributed by atoms with E-state index in [2.05, 4.69) is 34.6 Å². The second-order valence-corrected chi connectivity index (χ2v) is 13.8. The smallest absolute Gasteiger partial charge is 0.143 e. The zero-order chi connectivity index (χ0) is 25.7. The Balaban J connectivity index is 1.37. The molecular formula is C33H48O3. The number of ketones is 2. The average Bonchev–Trinajstić information content (AvgIpc) is 3.32. The second-order valence-electron chi connectivity index (χ2n) is 13.8. The van der Waals surface area contributed by atoms with Gasteiger partial charge in [0.1, 0.15) is 11.6 Å². The van der Waals surface area contributed by atoms with E-state index in [-0.39, 0.29) is 23.6 Å². The number of benzene rings is 1. The van der Waals surface area contributed by atoms with E-state index in [0.29, 0.717) is 42.4 Å². The highest BCUT2D eigenvalue weighted by Crippen LogP contribution is 2.66. The highest BCUT2D eigenvalue weighted by Gasteiger charge is 2.64. The van der Waals surface area contributed by atoms with Crippen LogP contribution in [0.3, 0.4) is 0 Å². The van der Waals surface area contributed by atoms with Crippen molar-refractivity contribution < 1.29 is 14.3 Å². The lowest BCUT2D eigenvalue weighted by Gasteiger charge is -2.50. The number of hydrogen-bond acceptors (Lipinski definition) is 3. The molecule has 36 heavy (non-hydrogen) atoms. The summed E-state index contributed by atoms with van der Waals surface area (Å²) in [6, 6.07) is 9.93. The van der Waals surface area contributed by atoms with Crippen molar-refractivity contribution in [2.24, 2.45) is 40.9 Å². The molecular weight excluding hydrogens is 444 g/mol. The molecule has 9 atom stereocenters. The van der Waals surface area contributed by atoms with Crippen LogP contribution in [0.25, 0.3) is 0 Å². The predicted octanol–water partition coefficient (Wildman–Crippen LogP) is 7.77. The van der Waals surface area contributed by atoms with Crippen LogP contribution in [0.2, 0.25) is 0 Å². The zero-order valence-corrected chi connectivity index (χ0v) is 23.3. The molecule has 1 aromatic carbocycles. The van der Waals surface area contributed by atoms with Gasteiger partial charge in [-0.05, 0) is 79.1 Å².